The van der Waals surface area contributed by atoms with Crippen molar-refractivity contribution in [3.8, 4) is 0 Å². The first-order valence-corrected chi connectivity index (χ1v) is 7.38. The van der Waals surface area contributed by atoms with Gasteiger partial charge in [0.05, 0.1) is 0 Å². The standard InChI is InChI=1S/C18H22N2O/c1-4-14-7-6-8-16(12-14)20-18(21)17-10-9-15(19-5-2)11-13(17)3/h6-12,19H,4-5H2,1-3H3,(H,20,21). The highest BCUT2D eigenvalue weighted by Crippen LogP contribution is 2.18. The molecule has 110 valence electrons. The molecule has 0 bridgehead atoms. The smallest absolute Gasteiger partial charge is 0.255 e. The predicted molar refractivity (Wildman–Crippen MR) is 89.1 cm³/mol. The first-order chi connectivity index (χ1) is 10.1. The molecular weight excluding hydrogens is 260 g/mol. The fourth-order valence-corrected chi connectivity index (χ4v) is 2.30. The average Bonchev–Trinajstić information content (AvgIpc) is 2.47. The molecule has 2 aromatic carbocycles. The van der Waals surface area contributed by atoms with Crippen LogP contribution in [0.15, 0.2) is 42.5 Å². The molecule has 0 spiro atoms. The second kappa shape index (κ2) is 6.93. The Kier molecular flexibility index (Phi) is 4.99. The van der Waals surface area contributed by atoms with Crippen molar-refractivity contribution in [1.82, 2.24) is 0 Å². The van der Waals surface area contributed by atoms with Crippen LogP contribution in [0.25, 0.3) is 0 Å². The van der Waals surface area contributed by atoms with Crippen molar-refractivity contribution in [3.05, 3.63) is 59.2 Å². The number of benzene rings is 2. The highest BCUT2D eigenvalue weighted by atomic mass is 16.1. The lowest BCUT2D eigenvalue weighted by molar-refractivity contribution is 0.102. The number of hydrogen-bond donors (Lipinski definition) is 2. The zero-order chi connectivity index (χ0) is 15.2. The first kappa shape index (κ1) is 15.1. The van der Waals surface area contributed by atoms with Gasteiger partial charge in [-0.2, -0.15) is 0 Å². The van der Waals surface area contributed by atoms with E-state index in [1.54, 1.807) is 0 Å². The third-order valence-electron chi connectivity index (χ3n) is 3.45. The van der Waals surface area contributed by atoms with Gasteiger partial charge in [0.2, 0.25) is 0 Å². The van der Waals surface area contributed by atoms with Crippen molar-refractivity contribution in [2.75, 3.05) is 17.2 Å². The zero-order valence-electron chi connectivity index (χ0n) is 12.9. The van der Waals surface area contributed by atoms with E-state index in [2.05, 4.69) is 30.5 Å². The lowest BCUT2D eigenvalue weighted by atomic mass is 10.1. The van der Waals surface area contributed by atoms with Crippen LogP contribution in [0.5, 0.6) is 0 Å². The Morgan fingerprint density at radius 1 is 1.05 bits per heavy atom. The number of hydrogen-bond acceptors (Lipinski definition) is 2. The summed E-state index contributed by atoms with van der Waals surface area (Å²) in [5, 5.41) is 6.21. The summed E-state index contributed by atoms with van der Waals surface area (Å²) in [4.78, 5) is 12.4. The molecule has 0 saturated carbocycles. The maximum atomic E-state index is 12.4. The summed E-state index contributed by atoms with van der Waals surface area (Å²) in [6.07, 6.45) is 0.958. The molecule has 3 heteroatoms. The number of nitrogens with one attached hydrogen (secondary N) is 2. The Hall–Kier alpha value is -2.29. The van der Waals surface area contributed by atoms with E-state index in [1.807, 2.05) is 43.3 Å². The summed E-state index contributed by atoms with van der Waals surface area (Å²) in [5.41, 5.74) is 4.78. The van der Waals surface area contributed by atoms with Gasteiger partial charge >= 0.3 is 0 Å². The van der Waals surface area contributed by atoms with E-state index in [4.69, 9.17) is 0 Å². The molecule has 0 atom stereocenters. The van der Waals surface area contributed by atoms with Crippen LogP contribution in [0, 0.1) is 6.92 Å². The van der Waals surface area contributed by atoms with Gasteiger partial charge in [0, 0.05) is 23.5 Å². The number of carbonyl (C=O) groups excluding carboxylic acids is 1. The molecule has 0 unspecified atom stereocenters. The van der Waals surface area contributed by atoms with Gasteiger partial charge in [0.25, 0.3) is 5.91 Å². The number of anilines is 2. The highest BCUT2D eigenvalue weighted by molar-refractivity contribution is 6.05. The number of rotatable bonds is 5. The van der Waals surface area contributed by atoms with E-state index in [9.17, 15) is 4.79 Å². The van der Waals surface area contributed by atoms with E-state index in [-0.39, 0.29) is 5.91 Å². The minimum absolute atomic E-state index is 0.0659. The van der Waals surface area contributed by atoms with Crippen LogP contribution in [-0.2, 0) is 6.42 Å². The van der Waals surface area contributed by atoms with Crippen LogP contribution in [0.2, 0.25) is 0 Å². The minimum atomic E-state index is -0.0659. The fraction of sp³-hybridized carbons (Fsp3) is 0.278. The lowest BCUT2D eigenvalue weighted by Gasteiger charge is -2.11. The Labute approximate surface area is 126 Å². The molecule has 2 N–H and O–H groups in total. The van der Waals surface area contributed by atoms with E-state index in [0.717, 1.165) is 29.9 Å². The van der Waals surface area contributed by atoms with Gasteiger partial charge in [-0.1, -0.05) is 19.1 Å². The summed E-state index contributed by atoms with van der Waals surface area (Å²) in [6, 6.07) is 13.8. The number of aryl methyl sites for hydroxylation is 2. The monoisotopic (exact) mass is 282 g/mol. The van der Waals surface area contributed by atoms with Crippen molar-refractivity contribution in [1.29, 1.82) is 0 Å². The fourth-order valence-electron chi connectivity index (χ4n) is 2.30. The van der Waals surface area contributed by atoms with Crippen LogP contribution in [0.3, 0.4) is 0 Å². The van der Waals surface area contributed by atoms with E-state index in [0.29, 0.717) is 5.56 Å². The molecule has 3 nitrogen and oxygen atoms in total. The number of amides is 1. The van der Waals surface area contributed by atoms with Crippen molar-refractivity contribution in [2.45, 2.75) is 27.2 Å². The van der Waals surface area contributed by atoms with Crippen molar-refractivity contribution in [2.24, 2.45) is 0 Å². The molecule has 0 aliphatic carbocycles. The largest absolute Gasteiger partial charge is 0.385 e. The third-order valence-corrected chi connectivity index (χ3v) is 3.45. The molecule has 0 heterocycles. The summed E-state index contributed by atoms with van der Waals surface area (Å²) in [7, 11) is 0. The van der Waals surface area contributed by atoms with Gasteiger partial charge in [-0.3, -0.25) is 4.79 Å². The van der Waals surface area contributed by atoms with Crippen LogP contribution in [0.4, 0.5) is 11.4 Å². The second-order valence-corrected chi connectivity index (χ2v) is 5.07. The Bertz CT molecular complexity index is 635. The Balaban J connectivity index is 2.16. The van der Waals surface area contributed by atoms with Crippen LogP contribution in [0.1, 0.15) is 35.3 Å². The van der Waals surface area contributed by atoms with Crippen LogP contribution < -0.4 is 10.6 Å². The molecule has 0 aliphatic rings. The second-order valence-electron chi connectivity index (χ2n) is 5.07. The molecule has 2 rings (SSSR count). The minimum Gasteiger partial charge on any atom is -0.385 e. The van der Waals surface area contributed by atoms with Crippen LogP contribution >= 0.6 is 0 Å². The molecule has 1 amide bonds. The first-order valence-electron chi connectivity index (χ1n) is 7.38. The average molecular weight is 282 g/mol. The molecular formula is C18H22N2O. The SMILES string of the molecule is CCNc1ccc(C(=O)Nc2cccc(CC)c2)c(C)c1. The van der Waals surface area contributed by atoms with E-state index < -0.39 is 0 Å². The molecule has 0 aliphatic heterocycles. The zero-order valence-corrected chi connectivity index (χ0v) is 12.9. The van der Waals surface area contributed by atoms with E-state index in [1.165, 1.54) is 5.56 Å². The van der Waals surface area contributed by atoms with Gasteiger partial charge < -0.3 is 10.6 Å². The maximum Gasteiger partial charge on any atom is 0.255 e. The normalized spacial score (nSPS) is 10.2. The number of carbonyl (C=O) groups is 1. The summed E-state index contributed by atoms with van der Waals surface area (Å²) in [5.74, 6) is -0.0659. The van der Waals surface area contributed by atoms with Gasteiger partial charge in [-0.15, -0.1) is 0 Å². The maximum absolute atomic E-state index is 12.4. The third kappa shape index (κ3) is 3.85. The van der Waals surface area contributed by atoms with Crippen molar-refractivity contribution < 1.29 is 4.79 Å². The van der Waals surface area contributed by atoms with Crippen molar-refractivity contribution in [3.63, 3.8) is 0 Å². The predicted octanol–water partition coefficient (Wildman–Crippen LogP) is 4.24. The quantitative estimate of drug-likeness (QED) is 0.861. The highest BCUT2D eigenvalue weighted by Gasteiger charge is 2.10. The Morgan fingerprint density at radius 3 is 2.52 bits per heavy atom. The van der Waals surface area contributed by atoms with Crippen molar-refractivity contribution >= 4 is 17.3 Å². The summed E-state index contributed by atoms with van der Waals surface area (Å²) in [6.45, 7) is 6.98. The lowest BCUT2D eigenvalue weighted by Crippen LogP contribution is -2.13. The molecule has 2 aromatic rings. The molecule has 21 heavy (non-hydrogen) atoms. The molecule has 0 aromatic heterocycles. The van der Waals surface area contributed by atoms with Gasteiger partial charge in [-0.05, 0) is 61.7 Å². The topological polar surface area (TPSA) is 41.1 Å². The Morgan fingerprint density at radius 2 is 1.86 bits per heavy atom. The van der Waals surface area contributed by atoms with Gasteiger partial charge in [0.1, 0.15) is 0 Å². The van der Waals surface area contributed by atoms with Gasteiger partial charge in [0.15, 0.2) is 0 Å². The van der Waals surface area contributed by atoms with Gasteiger partial charge in [-0.25, -0.2) is 0 Å². The molecule has 0 radical (unpaired) electrons. The van der Waals surface area contributed by atoms with Crippen LogP contribution in [-0.4, -0.2) is 12.5 Å². The summed E-state index contributed by atoms with van der Waals surface area (Å²) < 4.78 is 0. The molecule has 0 fully saturated rings. The molecule has 0 saturated heterocycles. The van der Waals surface area contributed by atoms with E-state index >= 15 is 0 Å². The summed E-state index contributed by atoms with van der Waals surface area (Å²) >= 11 is 0.